The van der Waals surface area contributed by atoms with Gasteiger partial charge in [-0.05, 0) is 14.1 Å². The van der Waals surface area contributed by atoms with E-state index in [1.54, 1.807) is 0 Å². The Balaban J connectivity index is 0.000000145. The molecule has 0 aromatic rings. The Bertz CT molecular complexity index is 54.7. The minimum Gasteiger partial charge on any atom is -0.323 e. The molecule has 1 aliphatic rings. The van der Waals surface area contributed by atoms with E-state index in [2.05, 4.69) is 26.9 Å². The number of rotatable bonds is 0. The summed E-state index contributed by atoms with van der Waals surface area (Å²) in [6, 6.07) is 0. The first-order valence-electron chi connectivity index (χ1n) is 2.27. The lowest BCUT2D eigenvalue weighted by Gasteiger charge is -1.83. The van der Waals surface area contributed by atoms with Crippen molar-refractivity contribution in [2.24, 2.45) is 5.10 Å². The lowest BCUT2D eigenvalue weighted by atomic mass is 11.3. The highest BCUT2D eigenvalue weighted by Crippen LogP contribution is 1.48. The van der Waals surface area contributed by atoms with Gasteiger partial charge in [-0.1, -0.05) is 0 Å². The van der Waals surface area contributed by atoms with Gasteiger partial charge < -0.3 is 5.32 Å². The smallest absolute Gasteiger partial charge is 0.125 e. The highest BCUT2D eigenvalue weighted by atomic mass is 15.8. The van der Waals surface area contributed by atoms with E-state index < -0.39 is 0 Å². The number of nitrogens with one attached hydrogen (secondary N) is 4. The average molecular weight is 117 g/mol. The molecule has 0 aromatic heterocycles. The Morgan fingerprint density at radius 3 is 2.25 bits per heavy atom. The van der Waals surface area contributed by atoms with E-state index in [0.29, 0.717) is 0 Å². The second kappa shape index (κ2) is 6.19. The van der Waals surface area contributed by atoms with Crippen molar-refractivity contribution in [2.45, 2.75) is 0 Å². The third-order valence-corrected chi connectivity index (χ3v) is 0.322. The lowest BCUT2D eigenvalue weighted by Crippen LogP contribution is -2.31. The summed E-state index contributed by atoms with van der Waals surface area (Å²) in [5.41, 5.74) is 7.50. The van der Waals surface area contributed by atoms with Gasteiger partial charge >= 0.3 is 0 Å². The van der Waals surface area contributed by atoms with Gasteiger partial charge in [0, 0.05) is 0 Å². The van der Waals surface area contributed by atoms with Gasteiger partial charge in [0.2, 0.25) is 0 Å². The van der Waals surface area contributed by atoms with Crippen molar-refractivity contribution in [2.75, 3.05) is 14.1 Å². The van der Waals surface area contributed by atoms with Crippen LogP contribution in [0.2, 0.25) is 0 Å². The van der Waals surface area contributed by atoms with Gasteiger partial charge in [0.15, 0.2) is 0 Å². The van der Waals surface area contributed by atoms with Crippen molar-refractivity contribution in [3.8, 4) is 0 Å². The number of nitrogens with zero attached hydrogens (tertiary/aromatic N) is 1. The quantitative estimate of drug-likeness (QED) is 0.308. The summed E-state index contributed by atoms with van der Waals surface area (Å²) >= 11 is 0. The molecule has 0 unspecified atom stereocenters. The Morgan fingerprint density at radius 2 is 2.12 bits per heavy atom. The van der Waals surface area contributed by atoms with Gasteiger partial charge in [-0.15, -0.1) is 5.53 Å². The van der Waals surface area contributed by atoms with Gasteiger partial charge in [0.05, 0.1) is 0 Å². The van der Waals surface area contributed by atoms with Gasteiger partial charge in [0.1, 0.15) is 6.34 Å². The predicted octanol–water partition coefficient (Wildman–Crippen LogP) is -1.62. The van der Waals surface area contributed by atoms with Crippen molar-refractivity contribution in [3.63, 3.8) is 0 Å². The Morgan fingerprint density at radius 1 is 1.50 bits per heavy atom. The largest absolute Gasteiger partial charge is 0.323 e. The van der Waals surface area contributed by atoms with Crippen LogP contribution in [-0.4, -0.2) is 20.4 Å². The summed E-state index contributed by atoms with van der Waals surface area (Å²) in [4.78, 5) is 0. The van der Waals surface area contributed by atoms with Crippen LogP contribution in [0.1, 0.15) is 0 Å². The van der Waals surface area contributed by atoms with Gasteiger partial charge in [-0.3, -0.25) is 5.43 Å². The summed E-state index contributed by atoms with van der Waals surface area (Å²) in [5.74, 6) is 0. The first-order valence-corrected chi connectivity index (χ1v) is 2.27. The van der Waals surface area contributed by atoms with Crippen LogP contribution in [0.4, 0.5) is 0 Å². The van der Waals surface area contributed by atoms with E-state index in [4.69, 9.17) is 0 Å². The van der Waals surface area contributed by atoms with Crippen LogP contribution in [0.3, 0.4) is 0 Å². The molecule has 0 fully saturated rings. The standard InChI is InChI=1S/C2H7N.CH4N4/c1-3-2;1-2-4-5-3-1/h3H,1-2H3;1,4-5H,(H,2,3). The van der Waals surface area contributed by atoms with Crippen LogP contribution in [0.15, 0.2) is 5.10 Å². The van der Waals surface area contributed by atoms with E-state index in [-0.39, 0.29) is 0 Å². The summed E-state index contributed by atoms with van der Waals surface area (Å²) in [7, 11) is 3.75. The molecular formula is C3H11N5. The van der Waals surface area contributed by atoms with Crippen molar-refractivity contribution in [1.82, 2.24) is 21.8 Å². The fourth-order valence-corrected chi connectivity index (χ4v) is 0.161. The van der Waals surface area contributed by atoms with E-state index >= 15 is 0 Å². The molecular weight excluding hydrogens is 106 g/mol. The Hall–Kier alpha value is -0.810. The van der Waals surface area contributed by atoms with E-state index in [1.165, 1.54) is 6.34 Å². The molecule has 1 aliphatic heterocycles. The molecule has 48 valence electrons. The minimum absolute atomic E-state index is 1.51. The number of hydrazine groups is 2. The summed E-state index contributed by atoms with van der Waals surface area (Å²) < 4.78 is 0. The zero-order valence-corrected chi connectivity index (χ0v) is 5.02. The number of hydrazone groups is 1. The van der Waals surface area contributed by atoms with Gasteiger partial charge in [-0.25, -0.2) is 5.53 Å². The van der Waals surface area contributed by atoms with Crippen LogP contribution in [0.25, 0.3) is 0 Å². The Labute approximate surface area is 48.5 Å². The van der Waals surface area contributed by atoms with Crippen molar-refractivity contribution >= 4 is 6.34 Å². The molecule has 5 heteroatoms. The van der Waals surface area contributed by atoms with Crippen LogP contribution < -0.4 is 21.8 Å². The molecule has 8 heavy (non-hydrogen) atoms. The Kier molecular flexibility index (Phi) is 5.56. The molecule has 0 amide bonds. The monoisotopic (exact) mass is 117 g/mol. The van der Waals surface area contributed by atoms with Crippen molar-refractivity contribution in [1.29, 1.82) is 0 Å². The fraction of sp³-hybridized carbons (Fsp3) is 0.667. The molecule has 0 aromatic carbocycles. The second-order valence-electron chi connectivity index (χ2n) is 1.14. The second-order valence-corrected chi connectivity index (χ2v) is 1.14. The SMILES string of the molecule is C1=NNNN1.CNC. The molecule has 1 rings (SSSR count). The summed E-state index contributed by atoms with van der Waals surface area (Å²) in [6.07, 6.45) is 1.51. The molecule has 4 N–H and O–H groups in total. The zero-order valence-electron chi connectivity index (χ0n) is 5.02. The molecule has 0 atom stereocenters. The van der Waals surface area contributed by atoms with Crippen molar-refractivity contribution < 1.29 is 0 Å². The minimum atomic E-state index is 1.51. The summed E-state index contributed by atoms with van der Waals surface area (Å²) in [6.45, 7) is 0. The molecule has 0 spiro atoms. The average Bonchev–Trinajstić information content (AvgIpc) is 2.17. The lowest BCUT2D eigenvalue weighted by molar-refractivity contribution is 0.578. The first kappa shape index (κ1) is 7.19. The topological polar surface area (TPSA) is 60.5 Å². The number of hydrogen-bond acceptors (Lipinski definition) is 5. The van der Waals surface area contributed by atoms with E-state index in [1.807, 2.05) is 14.1 Å². The maximum atomic E-state index is 3.49. The van der Waals surface area contributed by atoms with E-state index in [0.717, 1.165) is 0 Å². The third-order valence-electron chi connectivity index (χ3n) is 0.322. The zero-order chi connectivity index (χ0) is 6.24. The maximum absolute atomic E-state index is 3.49. The molecule has 0 aliphatic carbocycles. The van der Waals surface area contributed by atoms with Crippen LogP contribution in [0.5, 0.6) is 0 Å². The van der Waals surface area contributed by atoms with Crippen LogP contribution in [0, 0.1) is 0 Å². The molecule has 0 bridgehead atoms. The van der Waals surface area contributed by atoms with Gasteiger partial charge in [0.25, 0.3) is 0 Å². The highest BCUT2D eigenvalue weighted by Gasteiger charge is 1.76. The van der Waals surface area contributed by atoms with Crippen LogP contribution >= 0.6 is 0 Å². The molecule has 0 saturated heterocycles. The van der Waals surface area contributed by atoms with Gasteiger partial charge in [-0.2, -0.15) is 5.10 Å². The van der Waals surface area contributed by atoms with Crippen LogP contribution in [-0.2, 0) is 0 Å². The number of hydrogen-bond donors (Lipinski definition) is 4. The first-order chi connectivity index (χ1) is 3.91. The molecule has 0 saturated carbocycles. The normalized spacial score (nSPS) is 13.2. The molecule has 1 heterocycles. The predicted molar refractivity (Wildman–Crippen MR) is 32.9 cm³/mol. The summed E-state index contributed by atoms with van der Waals surface area (Å²) in [5, 5.41) is 6.24. The highest BCUT2D eigenvalue weighted by molar-refractivity contribution is 5.53. The maximum Gasteiger partial charge on any atom is 0.125 e. The fourth-order valence-electron chi connectivity index (χ4n) is 0.161. The van der Waals surface area contributed by atoms with Crippen molar-refractivity contribution in [3.05, 3.63) is 0 Å². The van der Waals surface area contributed by atoms with E-state index in [9.17, 15) is 0 Å². The third kappa shape index (κ3) is 5.19. The molecule has 5 nitrogen and oxygen atoms in total. The molecule has 0 radical (unpaired) electrons.